The number of carbonyl (C=O) groups excluding carboxylic acids is 1. The molecule has 2 aromatic heterocycles. The van der Waals surface area contributed by atoms with E-state index >= 15 is 0 Å². The SMILES string of the molecule is COCCn1c(C)cc(=O)c(C(=O)N2CCN(Cc3cccnc3)CC2)c1CC1CCCC1. The Morgan fingerprint density at radius 1 is 1.18 bits per heavy atom. The van der Waals surface area contributed by atoms with Crippen molar-refractivity contribution in [1.29, 1.82) is 0 Å². The van der Waals surface area contributed by atoms with Gasteiger partial charge in [0.2, 0.25) is 0 Å². The molecule has 1 aliphatic heterocycles. The van der Waals surface area contributed by atoms with Gasteiger partial charge in [-0.25, -0.2) is 0 Å². The zero-order valence-corrected chi connectivity index (χ0v) is 20.0. The molecule has 1 amide bonds. The number of aryl methyl sites for hydroxylation is 1. The third kappa shape index (κ3) is 5.71. The van der Waals surface area contributed by atoms with Gasteiger partial charge in [0.05, 0.1) is 6.61 Å². The van der Waals surface area contributed by atoms with Crippen molar-refractivity contribution >= 4 is 5.91 Å². The lowest BCUT2D eigenvalue weighted by molar-refractivity contribution is 0.0624. The van der Waals surface area contributed by atoms with Crippen LogP contribution in [0.5, 0.6) is 0 Å². The molecule has 0 radical (unpaired) electrons. The highest BCUT2D eigenvalue weighted by Crippen LogP contribution is 2.29. The maximum absolute atomic E-state index is 13.7. The molecule has 0 atom stereocenters. The summed E-state index contributed by atoms with van der Waals surface area (Å²) in [4.78, 5) is 35.2. The van der Waals surface area contributed by atoms with Crippen LogP contribution in [0.3, 0.4) is 0 Å². The predicted molar refractivity (Wildman–Crippen MR) is 128 cm³/mol. The van der Waals surface area contributed by atoms with Crippen LogP contribution in [0, 0.1) is 12.8 Å². The molecule has 1 aliphatic carbocycles. The van der Waals surface area contributed by atoms with E-state index in [4.69, 9.17) is 4.74 Å². The number of pyridine rings is 2. The fourth-order valence-corrected chi connectivity index (χ4v) is 5.27. The number of hydrogen-bond donors (Lipinski definition) is 0. The highest BCUT2D eigenvalue weighted by atomic mass is 16.5. The second-order valence-electron chi connectivity index (χ2n) is 9.40. The molecule has 2 aliphatic rings. The summed E-state index contributed by atoms with van der Waals surface area (Å²) in [6, 6.07) is 5.65. The Morgan fingerprint density at radius 3 is 2.61 bits per heavy atom. The molecule has 178 valence electrons. The van der Waals surface area contributed by atoms with E-state index in [2.05, 4.69) is 20.5 Å². The normalized spacial score (nSPS) is 17.6. The van der Waals surface area contributed by atoms with E-state index in [1.165, 1.54) is 31.2 Å². The van der Waals surface area contributed by atoms with Crippen molar-refractivity contribution in [2.75, 3.05) is 39.9 Å². The molecule has 2 aromatic rings. The van der Waals surface area contributed by atoms with Gasteiger partial charge in [-0.3, -0.25) is 19.5 Å². The number of carbonyl (C=O) groups is 1. The van der Waals surface area contributed by atoms with Crippen molar-refractivity contribution in [3.63, 3.8) is 0 Å². The van der Waals surface area contributed by atoms with Crippen molar-refractivity contribution in [3.8, 4) is 0 Å². The number of amides is 1. The van der Waals surface area contributed by atoms with Gasteiger partial charge >= 0.3 is 0 Å². The van der Waals surface area contributed by atoms with Gasteiger partial charge in [0.1, 0.15) is 5.56 Å². The molecule has 0 bridgehead atoms. The molecule has 3 heterocycles. The predicted octanol–water partition coefficient (Wildman–Crippen LogP) is 2.89. The largest absolute Gasteiger partial charge is 0.383 e. The molecule has 2 fully saturated rings. The summed E-state index contributed by atoms with van der Waals surface area (Å²) < 4.78 is 7.48. The topological polar surface area (TPSA) is 67.7 Å². The van der Waals surface area contributed by atoms with Crippen LogP contribution >= 0.6 is 0 Å². The summed E-state index contributed by atoms with van der Waals surface area (Å²) in [6.45, 7) is 6.86. The summed E-state index contributed by atoms with van der Waals surface area (Å²) in [5, 5.41) is 0. The Bertz CT molecular complexity index is 991. The van der Waals surface area contributed by atoms with Crippen molar-refractivity contribution in [2.24, 2.45) is 5.92 Å². The number of methoxy groups -OCH3 is 1. The van der Waals surface area contributed by atoms with Crippen LogP contribution in [-0.2, 0) is 24.2 Å². The Labute approximate surface area is 196 Å². The van der Waals surface area contributed by atoms with E-state index in [9.17, 15) is 9.59 Å². The standard InChI is InChI=1S/C26H36N4O3/c1-20-16-24(31)25(23(30(20)14-15-33-2)17-21-6-3-4-7-21)26(32)29-12-10-28(11-13-29)19-22-8-5-9-27-18-22/h5,8-9,16,18,21H,3-4,6-7,10-15,17,19H2,1-2H3. The minimum Gasteiger partial charge on any atom is -0.383 e. The molecule has 4 rings (SSSR count). The Kier molecular flexibility index (Phi) is 7.93. The number of piperazine rings is 1. The van der Waals surface area contributed by atoms with Gasteiger partial charge in [-0.15, -0.1) is 0 Å². The van der Waals surface area contributed by atoms with E-state index in [1.807, 2.05) is 24.1 Å². The van der Waals surface area contributed by atoms with Crippen molar-refractivity contribution in [1.82, 2.24) is 19.4 Å². The monoisotopic (exact) mass is 452 g/mol. The Hall–Kier alpha value is -2.51. The molecule has 1 saturated carbocycles. The average Bonchev–Trinajstić information content (AvgIpc) is 3.33. The minimum absolute atomic E-state index is 0.111. The van der Waals surface area contributed by atoms with Crippen LogP contribution in [0.1, 0.15) is 53.0 Å². The summed E-state index contributed by atoms with van der Waals surface area (Å²) in [5.41, 5.74) is 3.23. The second-order valence-corrected chi connectivity index (χ2v) is 9.40. The van der Waals surface area contributed by atoms with Crippen molar-refractivity contribution in [3.05, 3.63) is 63.3 Å². The quantitative estimate of drug-likeness (QED) is 0.616. The molecule has 0 unspecified atom stereocenters. The lowest BCUT2D eigenvalue weighted by Gasteiger charge is -2.35. The third-order valence-corrected chi connectivity index (χ3v) is 7.10. The van der Waals surface area contributed by atoms with Gasteiger partial charge in [-0.1, -0.05) is 31.7 Å². The van der Waals surface area contributed by atoms with E-state index in [1.54, 1.807) is 19.4 Å². The first-order valence-electron chi connectivity index (χ1n) is 12.2. The van der Waals surface area contributed by atoms with E-state index in [0.717, 1.165) is 37.4 Å². The Morgan fingerprint density at radius 2 is 1.94 bits per heavy atom. The van der Waals surface area contributed by atoms with E-state index in [-0.39, 0.29) is 11.3 Å². The van der Waals surface area contributed by atoms with E-state index in [0.29, 0.717) is 37.7 Å². The average molecular weight is 453 g/mol. The first-order chi connectivity index (χ1) is 16.1. The summed E-state index contributed by atoms with van der Waals surface area (Å²) in [7, 11) is 1.69. The Balaban J connectivity index is 1.54. The molecular formula is C26H36N4O3. The number of nitrogens with zero attached hydrogens (tertiary/aromatic N) is 4. The van der Waals surface area contributed by atoms with Gasteiger partial charge in [-0.05, 0) is 30.9 Å². The molecule has 7 heteroatoms. The minimum atomic E-state index is -0.142. The molecule has 0 N–H and O–H groups in total. The molecule has 1 saturated heterocycles. The van der Waals surface area contributed by atoms with Crippen LogP contribution in [0.15, 0.2) is 35.4 Å². The fourth-order valence-electron chi connectivity index (χ4n) is 5.27. The smallest absolute Gasteiger partial charge is 0.259 e. The van der Waals surface area contributed by atoms with Crippen LogP contribution in [0.25, 0.3) is 0 Å². The number of ether oxygens (including phenoxy) is 1. The summed E-state index contributed by atoms with van der Waals surface area (Å²) in [6.07, 6.45) is 9.29. The van der Waals surface area contributed by atoms with Gasteiger partial charge in [0, 0.05) is 76.2 Å². The van der Waals surface area contributed by atoms with Gasteiger partial charge in [-0.2, -0.15) is 0 Å². The number of hydrogen-bond acceptors (Lipinski definition) is 5. The van der Waals surface area contributed by atoms with Crippen LogP contribution < -0.4 is 5.43 Å². The maximum Gasteiger partial charge on any atom is 0.259 e. The lowest BCUT2D eigenvalue weighted by atomic mass is 9.96. The number of aromatic nitrogens is 2. The lowest BCUT2D eigenvalue weighted by Crippen LogP contribution is -2.49. The van der Waals surface area contributed by atoms with Crippen LogP contribution in [-0.4, -0.2) is 65.2 Å². The summed E-state index contributed by atoms with van der Waals surface area (Å²) in [5.74, 6) is 0.433. The van der Waals surface area contributed by atoms with Crippen molar-refractivity contribution in [2.45, 2.75) is 52.1 Å². The highest BCUT2D eigenvalue weighted by molar-refractivity contribution is 5.95. The van der Waals surface area contributed by atoms with E-state index < -0.39 is 0 Å². The van der Waals surface area contributed by atoms with Crippen molar-refractivity contribution < 1.29 is 9.53 Å². The van der Waals surface area contributed by atoms with Crippen LogP contribution in [0.2, 0.25) is 0 Å². The highest BCUT2D eigenvalue weighted by Gasteiger charge is 2.29. The van der Waals surface area contributed by atoms with Crippen LogP contribution in [0.4, 0.5) is 0 Å². The van der Waals surface area contributed by atoms with Gasteiger partial charge in [0.25, 0.3) is 5.91 Å². The zero-order chi connectivity index (χ0) is 23.2. The zero-order valence-electron chi connectivity index (χ0n) is 20.0. The maximum atomic E-state index is 13.7. The van der Waals surface area contributed by atoms with Gasteiger partial charge in [0.15, 0.2) is 5.43 Å². The molecule has 0 aromatic carbocycles. The molecule has 33 heavy (non-hydrogen) atoms. The molecule has 7 nitrogen and oxygen atoms in total. The van der Waals surface area contributed by atoms with Gasteiger partial charge < -0.3 is 14.2 Å². The molecule has 0 spiro atoms. The first-order valence-corrected chi connectivity index (χ1v) is 12.2. The third-order valence-electron chi connectivity index (χ3n) is 7.10. The second kappa shape index (κ2) is 11.1. The number of rotatable bonds is 8. The molecular weight excluding hydrogens is 416 g/mol. The fraction of sp³-hybridized carbons (Fsp3) is 0.577. The summed E-state index contributed by atoms with van der Waals surface area (Å²) >= 11 is 0. The first kappa shape index (κ1) is 23.6.